The molecule has 0 saturated heterocycles. The zero-order chi connectivity index (χ0) is 8.74. The summed E-state index contributed by atoms with van der Waals surface area (Å²) in [5.74, 6) is 0. The summed E-state index contributed by atoms with van der Waals surface area (Å²) in [5, 5.41) is 3.43. The Kier molecular flexibility index (Phi) is 5.22. The molecule has 0 aliphatic heterocycles. The van der Waals surface area contributed by atoms with E-state index in [-0.39, 0.29) is 5.54 Å². The second-order valence-corrected chi connectivity index (χ2v) is 3.85. The highest BCUT2D eigenvalue weighted by molar-refractivity contribution is 4.82. The summed E-state index contributed by atoms with van der Waals surface area (Å²) >= 11 is 0. The van der Waals surface area contributed by atoms with Gasteiger partial charge in [-0.1, -0.05) is 19.1 Å². The lowest BCUT2D eigenvalue weighted by Gasteiger charge is -2.19. The van der Waals surface area contributed by atoms with E-state index < -0.39 is 0 Å². The van der Waals surface area contributed by atoms with Crippen molar-refractivity contribution in [2.45, 2.75) is 46.1 Å². The van der Waals surface area contributed by atoms with Gasteiger partial charge in [0.1, 0.15) is 0 Å². The molecule has 0 heterocycles. The quantitative estimate of drug-likeness (QED) is 0.486. The maximum atomic E-state index is 3.43. The van der Waals surface area contributed by atoms with Crippen LogP contribution in [-0.4, -0.2) is 12.1 Å². The third-order valence-electron chi connectivity index (χ3n) is 1.37. The Morgan fingerprint density at radius 1 is 1.18 bits per heavy atom. The summed E-state index contributed by atoms with van der Waals surface area (Å²) < 4.78 is 0. The summed E-state index contributed by atoms with van der Waals surface area (Å²) in [6, 6.07) is 0. The van der Waals surface area contributed by atoms with Crippen molar-refractivity contribution < 1.29 is 0 Å². The fourth-order valence-corrected chi connectivity index (χ4v) is 0.815. The Hall–Kier alpha value is -0.300. The molecule has 11 heavy (non-hydrogen) atoms. The van der Waals surface area contributed by atoms with E-state index in [2.05, 4.69) is 45.2 Å². The lowest BCUT2D eigenvalue weighted by molar-refractivity contribution is 0.431. The van der Waals surface area contributed by atoms with Gasteiger partial charge in [0.05, 0.1) is 0 Å². The Labute approximate surface area is 70.9 Å². The second kappa shape index (κ2) is 5.36. The minimum atomic E-state index is 0.264. The van der Waals surface area contributed by atoms with Crippen LogP contribution in [0.3, 0.4) is 0 Å². The first-order chi connectivity index (χ1) is 5.06. The Balaban J connectivity index is 3.21. The van der Waals surface area contributed by atoms with E-state index in [1.807, 2.05) is 0 Å². The van der Waals surface area contributed by atoms with Gasteiger partial charge in [-0.05, 0) is 40.2 Å². The topological polar surface area (TPSA) is 12.0 Å². The van der Waals surface area contributed by atoms with Crippen molar-refractivity contribution in [1.82, 2.24) is 5.32 Å². The lowest BCUT2D eigenvalue weighted by Crippen LogP contribution is -2.36. The van der Waals surface area contributed by atoms with E-state index in [9.17, 15) is 0 Å². The maximum absolute atomic E-state index is 3.43. The summed E-state index contributed by atoms with van der Waals surface area (Å²) in [5.41, 5.74) is 0.264. The molecule has 0 unspecified atom stereocenters. The van der Waals surface area contributed by atoms with Crippen molar-refractivity contribution in [2.24, 2.45) is 0 Å². The van der Waals surface area contributed by atoms with Crippen LogP contribution in [0.15, 0.2) is 12.2 Å². The molecule has 1 heteroatoms. The molecule has 0 aliphatic carbocycles. The molecule has 0 radical (unpaired) electrons. The predicted molar refractivity (Wildman–Crippen MR) is 51.8 cm³/mol. The van der Waals surface area contributed by atoms with Crippen LogP contribution in [0, 0.1) is 0 Å². The van der Waals surface area contributed by atoms with Gasteiger partial charge in [0.2, 0.25) is 0 Å². The molecule has 0 amide bonds. The maximum Gasteiger partial charge on any atom is 0.00966 e. The van der Waals surface area contributed by atoms with E-state index in [4.69, 9.17) is 0 Å². The third kappa shape index (κ3) is 9.70. The zero-order valence-electron chi connectivity index (χ0n) is 8.28. The van der Waals surface area contributed by atoms with Gasteiger partial charge >= 0.3 is 0 Å². The summed E-state index contributed by atoms with van der Waals surface area (Å²) in [6.45, 7) is 9.82. The van der Waals surface area contributed by atoms with Crippen LogP contribution in [0.4, 0.5) is 0 Å². The molecule has 66 valence electrons. The molecule has 0 aromatic carbocycles. The molecule has 1 N–H and O–H groups in total. The van der Waals surface area contributed by atoms with Gasteiger partial charge < -0.3 is 5.32 Å². The molecule has 0 aromatic rings. The standard InChI is InChI=1S/C10H21N/c1-5-6-7-8-9-11-10(2,3)4/h6-7,11H,5,8-9H2,1-4H3/b7-6+. The van der Waals surface area contributed by atoms with E-state index >= 15 is 0 Å². The van der Waals surface area contributed by atoms with Gasteiger partial charge in [0.15, 0.2) is 0 Å². The third-order valence-corrected chi connectivity index (χ3v) is 1.37. The van der Waals surface area contributed by atoms with Crippen LogP contribution < -0.4 is 5.32 Å². The molecule has 0 rings (SSSR count). The van der Waals surface area contributed by atoms with Gasteiger partial charge in [0, 0.05) is 5.54 Å². The second-order valence-electron chi connectivity index (χ2n) is 3.85. The molecule has 0 aliphatic rings. The Bertz CT molecular complexity index is 109. The first-order valence-corrected chi connectivity index (χ1v) is 4.46. The Morgan fingerprint density at radius 2 is 1.82 bits per heavy atom. The van der Waals surface area contributed by atoms with Crippen LogP contribution in [0.2, 0.25) is 0 Å². The normalized spacial score (nSPS) is 12.7. The molecule has 0 spiro atoms. The average molecular weight is 155 g/mol. The fraction of sp³-hybridized carbons (Fsp3) is 0.800. The zero-order valence-corrected chi connectivity index (χ0v) is 8.28. The SMILES string of the molecule is CC/C=C/CCNC(C)(C)C. The van der Waals surface area contributed by atoms with Crippen molar-refractivity contribution >= 4 is 0 Å². The van der Waals surface area contributed by atoms with Gasteiger partial charge in [-0.2, -0.15) is 0 Å². The summed E-state index contributed by atoms with van der Waals surface area (Å²) in [7, 11) is 0. The van der Waals surface area contributed by atoms with Crippen LogP contribution in [-0.2, 0) is 0 Å². The van der Waals surface area contributed by atoms with Crippen molar-refractivity contribution in [3.63, 3.8) is 0 Å². The highest BCUT2D eigenvalue weighted by Gasteiger charge is 2.05. The minimum Gasteiger partial charge on any atom is -0.312 e. The van der Waals surface area contributed by atoms with Gasteiger partial charge in [-0.3, -0.25) is 0 Å². The fourth-order valence-electron chi connectivity index (χ4n) is 0.815. The number of hydrogen-bond acceptors (Lipinski definition) is 1. The van der Waals surface area contributed by atoms with Gasteiger partial charge in [-0.25, -0.2) is 0 Å². The molecular weight excluding hydrogens is 134 g/mol. The molecular formula is C10H21N. The Morgan fingerprint density at radius 3 is 2.27 bits per heavy atom. The number of rotatable bonds is 4. The lowest BCUT2D eigenvalue weighted by atomic mass is 10.1. The highest BCUT2D eigenvalue weighted by Crippen LogP contribution is 1.98. The van der Waals surface area contributed by atoms with Crippen molar-refractivity contribution in [1.29, 1.82) is 0 Å². The van der Waals surface area contributed by atoms with E-state index in [0.29, 0.717) is 0 Å². The van der Waals surface area contributed by atoms with Crippen molar-refractivity contribution in [3.05, 3.63) is 12.2 Å². The summed E-state index contributed by atoms with van der Waals surface area (Å²) in [4.78, 5) is 0. The summed E-state index contributed by atoms with van der Waals surface area (Å²) in [6.07, 6.45) is 6.74. The van der Waals surface area contributed by atoms with Gasteiger partial charge in [0.25, 0.3) is 0 Å². The molecule has 0 fully saturated rings. The monoisotopic (exact) mass is 155 g/mol. The first-order valence-electron chi connectivity index (χ1n) is 4.46. The molecule has 0 aromatic heterocycles. The highest BCUT2D eigenvalue weighted by atomic mass is 14.9. The molecule has 0 saturated carbocycles. The van der Waals surface area contributed by atoms with E-state index in [0.717, 1.165) is 19.4 Å². The van der Waals surface area contributed by atoms with Crippen LogP contribution in [0.5, 0.6) is 0 Å². The number of hydrogen-bond donors (Lipinski definition) is 1. The number of nitrogens with one attached hydrogen (secondary N) is 1. The predicted octanol–water partition coefficient (Wildman–Crippen LogP) is 2.73. The van der Waals surface area contributed by atoms with Crippen LogP contribution >= 0.6 is 0 Å². The van der Waals surface area contributed by atoms with Gasteiger partial charge in [-0.15, -0.1) is 0 Å². The minimum absolute atomic E-state index is 0.264. The van der Waals surface area contributed by atoms with E-state index in [1.165, 1.54) is 0 Å². The number of allylic oxidation sites excluding steroid dienone is 1. The van der Waals surface area contributed by atoms with Crippen molar-refractivity contribution in [3.8, 4) is 0 Å². The van der Waals surface area contributed by atoms with Crippen LogP contribution in [0.25, 0.3) is 0 Å². The first kappa shape index (κ1) is 10.7. The average Bonchev–Trinajstić information content (AvgIpc) is 1.85. The smallest absolute Gasteiger partial charge is 0.00966 e. The van der Waals surface area contributed by atoms with Crippen molar-refractivity contribution in [2.75, 3.05) is 6.54 Å². The molecule has 0 atom stereocenters. The van der Waals surface area contributed by atoms with Crippen LogP contribution in [0.1, 0.15) is 40.5 Å². The largest absolute Gasteiger partial charge is 0.312 e. The molecule has 1 nitrogen and oxygen atoms in total. The van der Waals surface area contributed by atoms with E-state index in [1.54, 1.807) is 0 Å². The molecule has 0 bridgehead atoms.